The maximum atomic E-state index is 8.74. The van der Waals surface area contributed by atoms with Crippen molar-refractivity contribution in [3.63, 3.8) is 0 Å². The Bertz CT molecular complexity index is 754. The van der Waals surface area contributed by atoms with Crippen LogP contribution in [0.3, 0.4) is 0 Å². The predicted molar refractivity (Wildman–Crippen MR) is 109 cm³/mol. The molecule has 0 atom stereocenters. The molecule has 0 saturated heterocycles. The topological polar surface area (TPSA) is 150 Å². The van der Waals surface area contributed by atoms with Gasteiger partial charge in [-0.05, 0) is 24.3 Å². The van der Waals surface area contributed by atoms with Crippen molar-refractivity contribution in [1.82, 2.24) is 15.0 Å². The molecule has 11 nitrogen and oxygen atoms in total. The van der Waals surface area contributed by atoms with E-state index in [0.717, 1.165) is 30.8 Å². The minimum atomic E-state index is -4.67. The molecule has 158 valence electrons. The molecular formula is C15H26N6O5S2. The fourth-order valence-corrected chi connectivity index (χ4v) is 2.36. The van der Waals surface area contributed by atoms with Crippen LogP contribution in [0.4, 0.5) is 17.8 Å². The van der Waals surface area contributed by atoms with E-state index in [9.17, 15) is 0 Å². The SMILES string of the molecule is CCCNc1nc(NCCC)nc(N(C)OCc2cccs2)n1.O=S(=O)(O)O. The summed E-state index contributed by atoms with van der Waals surface area (Å²) in [4.78, 5) is 20.1. The van der Waals surface area contributed by atoms with E-state index in [1.807, 2.05) is 17.5 Å². The number of anilines is 3. The molecule has 2 rings (SSSR count). The first-order valence-electron chi connectivity index (χ1n) is 8.55. The van der Waals surface area contributed by atoms with Gasteiger partial charge in [0.1, 0.15) is 6.61 Å². The van der Waals surface area contributed by atoms with E-state index < -0.39 is 10.4 Å². The van der Waals surface area contributed by atoms with Gasteiger partial charge in [-0.15, -0.1) is 11.3 Å². The molecule has 0 aliphatic carbocycles. The Morgan fingerprint density at radius 3 is 2.07 bits per heavy atom. The van der Waals surface area contributed by atoms with Crippen LogP contribution in [0.5, 0.6) is 0 Å². The first kappa shape index (κ1) is 24.0. The van der Waals surface area contributed by atoms with Crippen LogP contribution < -0.4 is 15.7 Å². The number of nitrogens with one attached hydrogen (secondary N) is 2. The zero-order chi connectivity index (χ0) is 21.0. The van der Waals surface area contributed by atoms with Crippen molar-refractivity contribution in [2.75, 3.05) is 35.8 Å². The number of thiophene rings is 1. The average molecular weight is 435 g/mol. The standard InChI is InChI=1S/C15H24N6OS.H2O4S/c1-4-8-16-13-18-14(17-9-5-2)20-15(19-13)21(3)22-11-12-7-6-10-23-12;1-5(2,3)4/h6-7,10H,4-5,8-9,11H2,1-3H3,(H2,16,17,18,19,20);(H2,1,2,3,4). The monoisotopic (exact) mass is 434 g/mol. The first-order valence-corrected chi connectivity index (χ1v) is 10.8. The summed E-state index contributed by atoms with van der Waals surface area (Å²) in [5.41, 5.74) is 0. The normalized spacial score (nSPS) is 10.8. The molecule has 0 fully saturated rings. The highest BCUT2D eigenvalue weighted by molar-refractivity contribution is 7.79. The van der Waals surface area contributed by atoms with Crippen LogP contribution in [-0.2, 0) is 21.8 Å². The Morgan fingerprint density at radius 1 is 1.11 bits per heavy atom. The van der Waals surface area contributed by atoms with Crippen LogP contribution in [0, 0.1) is 0 Å². The van der Waals surface area contributed by atoms with E-state index in [0.29, 0.717) is 24.5 Å². The first-order chi connectivity index (χ1) is 13.2. The van der Waals surface area contributed by atoms with Crippen LogP contribution >= 0.6 is 11.3 Å². The van der Waals surface area contributed by atoms with Crippen molar-refractivity contribution in [3.05, 3.63) is 22.4 Å². The molecule has 2 aromatic rings. The molecule has 0 saturated carbocycles. The van der Waals surface area contributed by atoms with Gasteiger partial charge in [0.25, 0.3) is 5.95 Å². The summed E-state index contributed by atoms with van der Waals surface area (Å²) < 4.78 is 31.6. The zero-order valence-electron chi connectivity index (χ0n) is 16.0. The maximum absolute atomic E-state index is 8.74. The Labute approximate surface area is 168 Å². The number of aromatic nitrogens is 3. The average Bonchev–Trinajstić information content (AvgIpc) is 3.14. The summed E-state index contributed by atoms with van der Waals surface area (Å²) in [6.45, 7) is 6.32. The van der Waals surface area contributed by atoms with Crippen molar-refractivity contribution < 1.29 is 22.4 Å². The maximum Gasteiger partial charge on any atom is 0.394 e. The summed E-state index contributed by atoms with van der Waals surface area (Å²) in [6.07, 6.45) is 2.01. The molecule has 2 aromatic heterocycles. The quantitative estimate of drug-likeness (QED) is 0.322. The molecule has 0 aliphatic heterocycles. The van der Waals surface area contributed by atoms with Crippen molar-refractivity contribution in [2.24, 2.45) is 0 Å². The van der Waals surface area contributed by atoms with E-state index in [2.05, 4.69) is 39.4 Å². The van der Waals surface area contributed by atoms with E-state index in [1.165, 1.54) is 0 Å². The number of hydrogen-bond acceptors (Lipinski definition) is 10. The van der Waals surface area contributed by atoms with Gasteiger partial charge >= 0.3 is 10.4 Å². The summed E-state index contributed by atoms with van der Waals surface area (Å²) in [7, 11) is -2.86. The lowest BCUT2D eigenvalue weighted by molar-refractivity contribution is 0.106. The van der Waals surface area contributed by atoms with Gasteiger partial charge < -0.3 is 10.6 Å². The second-order valence-electron chi connectivity index (χ2n) is 5.43. The van der Waals surface area contributed by atoms with Crippen LogP contribution in [0.25, 0.3) is 0 Å². The largest absolute Gasteiger partial charge is 0.394 e. The highest BCUT2D eigenvalue weighted by Gasteiger charge is 2.11. The summed E-state index contributed by atoms with van der Waals surface area (Å²) in [5.74, 6) is 1.60. The van der Waals surface area contributed by atoms with Gasteiger partial charge in [0.15, 0.2) is 0 Å². The highest BCUT2D eigenvalue weighted by Crippen LogP contribution is 2.15. The third kappa shape index (κ3) is 10.9. The van der Waals surface area contributed by atoms with Crippen molar-refractivity contribution in [1.29, 1.82) is 0 Å². The second kappa shape index (κ2) is 12.4. The van der Waals surface area contributed by atoms with E-state index in [4.69, 9.17) is 22.4 Å². The van der Waals surface area contributed by atoms with Crippen LogP contribution in [0.1, 0.15) is 31.6 Å². The van der Waals surface area contributed by atoms with Gasteiger partial charge in [-0.25, -0.2) is 5.06 Å². The van der Waals surface area contributed by atoms with Crippen LogP contribution in [0.15, 0.2) is 17.5 Å². The third-order valence-electron chi connectivity index (χ3n) is 2.95. The molecule has 0 bridgehead atoms. The molecule has 0 aliphatic rings. The van der Waals surface area contributed by atoms with Gasteiger partial charge in [0, 0.05) is 25.0 Å². The van der Waals surface area contributed by atoms with Crippen molar-refractivity contribution in [2.45, 2.75) is 33.3 Å². The van der Waals surface area contributed by atoms with Gasteiger partial charge in [-0.1, -0.05) is 19.9 Å². The highest BCUT2D eigenvalue weighted by atomic mass is 32.3. The fourth-order valence-electron chi connectivity index (χ4n) is 1.75. The molecular weight excluding hydrogens is 408 g/mol. The predicted octanol–water partition coefficient (Wildman–Crippen LogP) is 2.49. The summed E-state index contributed by atoms with van der Waals surface area (Å²) >= 11 is 1.66. The van der Waals surface area contributed by atoms with E-state index in [-0.39, 0.29) is 0 Å². The Balaban J connectivity index is 0.000000696. The van der Waals surface area contributed by atoms with E-state index >= 15 is 0 Å². The molecule has 0 spiro atoms. The number of hydroxylamine groups is 1. The van der Waals surface area contributed by atoms with Crippen molar-refractivity contribution >= 4 is 39.6 Å². The minimum absolute atomic E-state index is 0.480. The van der Waals surface area contributed by atoms with Gasteiger partial charge in [-0.2, -0.15) is 23.4 Å². The molecule has 2 heterocycles. The molecule has 0 aromatic carbocycles. The molecule has 28 heavy (non-hydrogen) atoms. The molecule has 0 unspecified atom stereocenters. The number of nitrogens with zero attached hydrogens (tertiary/aromatic N) is 4. The number of hydrogen-bond donors (Lipinski definition) is 4. The lowest BCUT2D eigenvalue weighted by atomic mass is 10.5. The zero-order valence-corrected chi connectivity index (χ0v) is 17.6. The molecule has 4 N–H and O–H groups in total. The lowest BCUT2D eigenvalue weighted by Crippen LogP contribution is -2.22. The Hall–Kier alpha value is -2.06. The lowest BCUT2D eigenvalue weighted by Gasteiger charge is -2.17. The second-order valence-corrected chi connectivity index (χ2v) is 7.36. The Morgan fingerprint density at radius 2 is 1.64 bits per heavy atom. The Kier molecular flexibility index (Phi) is 10.6. The van der Waals surface area contributed by atoms with Crippen LogP contribution in [-0.4, -0.2) is 52.6 Å². The van der Waals surface area contributed by atoms with Crippen molar-refractivity contribution in [3.8, 4) is 0 Å². The molecule has 0 radical (unpaired) electrons. The minimum Gasteiger partial charge on any atom is -0.354 e. The summed E-state index contributed by atoms with van der Waals surface area (Å²) in [5, 5.41) is 10.00. The molecule has 0 amide bonds. The van der Waals surface area contributed by atoms with Gasteiger partial charge in [-0.3, -0.25) is 13.9 Å². The fraction of sp³-hybridized carbons (Fsp3) is 0.533. The number of rotatable bonds is 10. The third-order valence-corrected chi connectivity index (χ3v) is 3.80. The molecule has 13 heteroatoms. The summed E-state index contributed by atoms with van der Waals surface area (Å²) in [6, 6.07) is 4.04. The smallest absolute Gasteiger partial charge is 0.354 e. The van der Waals surface area contributed by atoms with E-state index in [1.54, 1.807) is 23.4 Å². The van der Waals surface area contributed by atoms with Gasteiger partial charge in [0.05, 0.1) is 0 Å². The van der Waals surface area contributed by atoms with Crippen LogP contribution in [0.2, 0.25) is 0 Å². The van der Waals surface area contributed by atoms with Gasteiger partial charge in [0.2, 0.25) is 11.9 Å².